The zero-order valence-corrected chi connectivity index (χ0v) is 21.5. The van der Waals surface area contributed by atoms with Crippen LogP contribution in [0.15, 0.2) is 12.1 Å². The molecule has 6 nitrogen and oxygen atoms in total. The molecular weight excluding hydrogens is 416 g/mol. The zero-order valence-electron chi connectivity index (χ0n) is 21.5. The summed E-state index contributed by atoms with van der Waals surface area (Å²) < 4.78 is 11.3. The quantitative estimate of drug-likeness (QED) is 0.428. The summed E-state index contributed by atoms with van der Waals surface area (Å²) in [5.74, 6) is 0.722. The van der Waals surface area contributed by atoms with Gasteiger partial charge in [-0.3, -0.25) is 0 Å². The predicted molar refractivity (Wildman–Crippen MR) is 133 cm³/mol. The molecule has 1 aromatic carbocycles. The van der Waals surface area contributed by atoms with E-state index >= 15 is 0 Å². The fourth-order valence-electron chi connectivity index (χ4n) is 5.64. The first-order valence-electron chi connectivity index (χ1n) is 12.6. The number of carbonyl (C=O) groups is 2. The molecule has 0 saturated heterocycles. The Morgan fingerprint density at radius 2 is 1.58 bits per heavy atom. The molecule has 2 amide bonds. The molecule has 1 aliphatic rings. The Balaban J connectivity index is 2.15. The highest BCUT2D eigenvalue weighted by atomic mass is 16.6. The van der Waals surface area contributed by atoms with E-state index in [-0.39, 0.29) is 16.9 Å². The third-order valence-corrected chi connectivity index (χ3v) is 6.42. The van der Waals surface area contributed by atoms with Gasteiger partial charge in [-0.1, -0.05) is 72.9 Å². The maximum absolute atomic E-state index is 12.9. The Labute approximate surface area is 200 Å². The Kier molecular flexibility index (Phi) is 9.62. The van der Waals surface area contributed by atoms with Crippen molar-refractivity contribution in [3.63, 3.8) is 0 Å². The fourth-order valence-corrected chi connectivity index (χ4v) is 5.64. The minimum Gasteiger partial charge on any atom is -0.446 e. The van der Waals surface area contributed by atoms with Crippen LogP contribution in [0.25, 0.3) is 0 Å². The standard InChI is InChI=1S/C27H44N2O4/c1-7-10-19-13-20(11-8-2)23(21(14-19)12-9-3)33-25(31)29-18-27(6)16-22(32-24(28)30)15-26(4,5)17-27/h13-14,22H,7-12,15-18H2,1-6H3,(H2,28,30)(H,29,31). The van der Waals surface area contributed by atoms with E-state index in [1.54, 1.807) is 0 Å². The number of hydrogen-bond donors (Lipinski definition) is 2. The average Bonchev–Trinajstić information content (AvgIpc) is 2.67. The van der Waals surface area contributed by atoms with Crippen molar-refractivity contribution in [2.75, 3.05) is 6.54 Å². The summed E-state index contributed by atoms with van der Waals surface area (Å²) in [5.41, 5.74) is 8.57. The van der Waals surface area contributed by atoms with E-state index in [1.165, 1.54) is 5.56 Å². The summed E-state index contributed by atoms with van der Waals surface area (Å²) in [4.78, 5) is 24.2. The first kappa shape index (κ1) is 27.0. The molecule has 1 aromatic rings. The molecule has 3 N–H and O–H groups in total. The largest absolute Gasteiger partial charge is 0.446 e. The van der Waals surface area contributed by atoms with Crippen molar-refractivity contribution in [2.24, 2.45) is 16.6 Å². The van der Waals surface area contributed by atoms with Crippen LogP contribution in [-0.4, -0.2) is 24.8 Å². The number of carbonyl (C=O) groups excluding carboxylic acids is 2. The highest BCUT2D eigenvalue weighted by Crippen LogP contribution is 2.46. The molecule has 0 bridgehead atoms. The molecule has 0 aromatic heterocycles. The van der Waals surface area contributed by atoms with Crippen LogP contribution in [0.3, 0.4) is 0 Å². The molecule has 1 fully saturated rings. The van der Waals surface area contributed by atoms with E-state index in [9.17, 15) is 9.59 Å². The zero-order chi connectivity index (χ0) is 24.6. The van der Waals surface area contributed by atoms with E-state index in [2.05, 4.69) is 59.0 Å². The molecule has 33 heavy (non-hydrogen) atoms. The maximum Gasteiger partial charge on any atom is 0.412 e. The minimum absolute atomic E-state index is 0.0175. The van der Waals surface area contributed by atoms with Crippen LogP contribution in [0.1, 0.15) is 96.8 Å². The van der Waals surface area contributed by atoms with Crippen molar-refractivity contribution in [2.45, 2.75) is 105 Å². The highest BCUT2D eigenvalue weighted by Gasteiger charge is 2.42. The second kappa shape index (κ2) is 11.8. The minimum atomic E-state index is -0.745. The topological polar surface area (TPSA) is 90.7 Å². The number of nitrogens with two attached hydrogens (primary N) is 1. The van der Waals surface area contributed by atoms with Crippen LogP contribution in [0.5, 0.6) is 5.75 Å². The second-order valence-corrected chi connectivity index (χ2v) is 10.9. The van der Waals surface area contributed by atoms with Crippen molar-refractivity contribution in [1.29, 1.82) is 0 Å². The van der Waals surface area contributed by atoms with E-state index in [0.717, 1.165) is 68.2 Å². The number of ether oxygens (including phenoxy) is 2. The molecule has 1 saturated carbocycles. The molecule has 2 atom stereocenters. The van der Waals surface area contributed by atoms with Gasteiger partial charge in [0, 0.05) is 6.54 Å². The van der Waals surface area contributed by atoms with Crippen LogP contribution in [-0.2, 0) is 24.0 Å². The third kappa shape index (κ3) is 8.24. The maximum atomic E-state index is 12.9. The van der Waals surface area contributed by atoms with Gasteiger partial charge in [-0.2, -0.15) is 0 Å². The number of rotatable bonds is 10. The molecule has 0 aliphatic heterocycles. The lowest BCUT2D eigenvalue weighted by atomic mass is 9.63. The average molecular weight is 461 g/mol. The van der Waals surface area contributed by atoms with Crippen molar-refractivity contribution >= 4 is 12.2 Å². The molecular formula is C27H44N2O4. The van der Waals surface area contributed by atoms with Crippen molar-refractivity contribution in [3.8, 4) is 5.75 Å². The Morgan fingerprint density at radius 3 is 2.09 bits per heavy atom. The monoisotopic (exact) mass is 460 g/mol. The Bertz CT molecular complexity index is 793. The number of hydrogen-bond acceptors (Lipinski definition) is 4. The molecule has 186 valence electrons. The van der Waals surface area contributed by atoms with Gasteiger partial charge in [-0.15, -0.1) is 0 Å². The Hall–Kier alpha value is -2.24. The van der Waals surface area contributed by atoms with E-state index in [4.69, 9.17) is 15.2 Å². The van der Waals surface area contributed by atoms with Gasteiger partial charge in [0.25, 0.3) is 0 Å². The van der Waals surface area contributed by atoms with Crippen LogP contribution in [0, 0.1) is 10.8 Å². The fraction of sp³-hybridized carbons (Fsp3) is 0.704. The van der Waals surface area contributed by atoms with E-state index in [1.807, 2.05) is 0 Å². The first-order valence-corrected chi connectivity index (χ1v) is 12.6. The third-order valence-electron chi connectivity index (χ3n) is 6.42. The summed E-state index contributed by atoms with van der Waals surface area (Å²) >= 11 is 0. The predicted octanol–water partition coefficient (Wildman–Crippen LogP) is 6.31. The molecule has 2 rings (SSSR count). The van der Waals surface area contributed by atoms with Crippen LogP contribution in [0.4, 0.5) is 9.59 Å². The van der Waals surface area contributed by atoms with Crippen LogP contribution in [0.2, 0.25) is 0 Å². The number of benzene rings is 1. The van der Waals surface area contributed by atoms with Crippen molar-refractivity contribution in [3.05, 3.63) is 28.8 Å². The lowest BCUT2D eigenvalue weighted by Gasteiger charge is -2.45. The van der Waals surface area contributed by atoms with Gasteiger partial charge >= 0.3 is 12.2 Å². The summed E-state index contributed by atoms with van der Waals surface area (Å²) in [6.07, 6.45) is 6.80. The molecule has 0 radical (unpaired) electrons. The first-order chi connectivity index (χ1) is 15.5. The number of aryl methyl sites for hydroxylation is 3. The number of nitrogens with one attached hydrogen (secondary N) is 1. The van der Waals surface area contributed by atoms with Gasteiger partial charge < -0.3 is 20.5 Å². The molecule has 6 heteroatoms. The summed E-state index contributed by atoms with van der Waals surface area (Å²) in [6, 6.07) is 4.40. The van der Waals surface area contributed by atoms with Gasteiger partial charge in [0.15, 0.2) is 0 Å². The molecule has 2 unspecified atom stereocenters. The van der Waals surface area contributed by atoms with Gasteiger partial charge in [-0.25, -0.2) is 9.59 Å². The summed E-state index contributed by atoms with van der Waals surface area (Å²) in [6.45, 7) is 13.4. The highest BCUT2D eigenvalue weighted by molar-refractivity contribution is 5.71. The summed E-state index contributed by atoms with van der Waals surface area (Å²) in [5, 5.41) is 3.00. The van der Waals surface area contributed by atoms with E-state index < -0.39 is 12.2 Å². The normalized spacial score (nSPS) is 21.9. The van der Waals surface area contributed by atoms with Gasteiger partial charge in [0.2, 0.25) is 0 Å². The van der Waals surface area contributed by atoms with Crippen molar-refractivity contribution in [1.82, 2.24) is 5.32 Å². The number of primary amides is 1. The molecule has 0 spiro atoms. The molecule has 1 aliphatic carbocycles. The smallest absolute Gasteiger partial charge is 0.412 e. The lowest BCUT2D eigenvalue weighted by Crippen LogP contribution is -2.47. The lowest BCUT2D eigenvalue weighted by molar-refractivity contribution is -0.0163. The molecule has 0 heterocycles. The van der Waals surface area contributed by atoms with Gasteiger partial charge in [0.05, 0.1) is 0 Å². The van der Waals surface area contributed by atoms with Crippen LogP contribution >= 0.6 is 0 Å². The SMILES string of the molecule is CCCc1cc(CCC)c(OC(=O)NCC2(C)CC(OC(N)=O)CC(C)(C)C2)c(CCC)c1. The summed E-state index contributed by atoms with van der Waals surface area (Å²) in [7, 11) is 0. The number of amides is 2. The van der Waals surface area contributed by atoms with E-state index in [0.29, 0.717) is 13.0 Å². The van der Waals surface area contributed by atoms with Gasteiger partial charge in [0.1, 0.15) is 11.9 Å². The van der Waals surface area contributed by atoms with Crippen LogP contribution < -0.4 is 15.8 Å². The van der Waals surface area contributed by atoms with Gasteiger partial charge in [-0.05, 0) is 66.0 Å². The Morgan fingerprint density at radius 1 is 1.00 bits per heavy atom. The second-order valence-electron chi connectivity index (χ2n) is 10.9. The van der Waals surface area contributed by atoms with Crippen molar-refractivity contribution < 1.29 is 19.1 Å².